The lowest BCUT2D eigenvalue weighted by atomic mass is 9.62. The first-order valence-electron chi connectivity index (χ1n) is 5.58. The van der Waals surface area contributed by atoms with Crippen LogP contribution in [0, 0.1) is 17.3 Å². The molecule has 0 heterocycles. The number of amides is 1. The van der Waals surface area contributed by atoms with E-state index in [0.29, 0.717) is 24.4 Å². The maximum atomic E-state index is 11.9. The largest absolute Gasteiger partial charge is 0.353 e. The molecule has 0 radical (unpaired) electrons. The van der Waals surface area contributed by atoms with Gasteiger partial charge in [-0.2, -0.15) is 0 Å². The average Bonchev–Trinajstić information content (AvgIpc) is 2.75. The fourth-order valence-corrected chi connectivity index (χ4v) is 2.56. The third-order valence-corrected chi connectivity index (χ3v) is 3.78. The molecule has 2 saturated carbocycles. The minimum atomic E-state index is -0.221. The zero-order valence-corrected chi connectivity index (χ0v) is 9.05. The summed E-state index contributed by atoms with van der Waals surface area (Å²) in [5.41, 5.74) is 5.48. The highest BCUT2D eigenvalue weighted by atomic mass is 16.2. The monoisotopic (exact) mass is 196 g/mol. The Labute approximate surface area is 85.4 Å². The quantitative estimate of drug-likeness (QED) is 0.704. The highest BCUT2D eigenvalue weighted by Crippen LogP contribution is 2.45. The lowest BCUT2D eigenvalue weighted by molar-refractivity contribution is -0.138. The number of hydrogen-bond donors (Lipinski definition) is 2. The van der Waals surface area contributed by atoms with Gasteiger partial charge in [0.05, 0.1) is 5.41 Å². The Morgan fingerprint density at radius 3 is 2.43 bits per heavy atom. The summed E-state index contributed by atoms with van der Waals surface area (Å²) < 4.78 is 0. The molecule has 3 N–H and O–H groups in total. The minimum absolute atomic E-state index is 0.201. The molecule has 3 nitrogen and oxygen atoms in total. The van der Waals surface area contributed by atoms with Crippen molar-refractivity contribution in [2.75, 3.05) is 6.54 Å². The Bertz CT molecular complexity index is 246. The van der Waals surface area contributed by atoms with Crippen molar-refractivity contribution in [2.45, 2.75) is 39.2 Å². The van der Waals surface area contributed by atoms with Gasteiger partial charge in [-0.05, 0) is 31.1 Å². The van der Waals surface area contributed by atoms with Gasteiger partial charge in [-0.1, -0.05) is 13.8 Å². The molecule has 2 atom stereocenters. The molecule has 2 rings (SSSR count). The van der Waals surface area contributed by atoms with Crippen LogP contribution in [-0.4, -0.2) is 18.5 Å². The Kier molecular flexibility index (Phi) is 2.30. The lowest BCUT2D eigenvalue weighted by Gasteiger charge is -2.44. The SMILES string of the molecule is CC1CC(CN)(C(=O)NC2CC2C)C1. The zero-order chi connectivity index (χ0) is 10.3. The summed E-state index contributed by atoms with van der Waals surface area (Å²) in [5, 5.41) is 3.10. The van der Waals surface area contributed by atoms with Crippen molar-refractivity contribution in [2.24, 2.45) is 23.0 Å². The molecule has 2 aliphatic rings. The minimum Gasteiger partial charge on any atom is -0.353 e. The van der Waals surface area contributed by atoms with Crippen LogP contribution < -0.4 is 11.1 Å². The van der Waals surface area contributed by atoms with Gasteiger partial charge in [-0.3, -0.25) is 4.79 Å². The number of nitrogens with two attached hydrogens (primary N) is 1. The van der Waals surface area contributed by atoms with E-state index in [0.717, 1.165) is 19.3 Å². The number of carbonyl (C=O) groups is 1. The van der Waals surface area contributed by atoms with E-state index >= 15 is 0 Å². The van der Waals surface area contributed by atoms with Gasteiger partial charge in [-0.25, -0.2) is 0 Å². The molecule has 0 bridgehead atoms. The van der Waals surface area contributed by atoms with Crippen LogP contribution >= 0.6 is 0 Å². The second-order valence-corrected chi connectivity index (χ2v) is 5.29. The van der Waals surface area contributed by atoms with Crippen molar-refractivity contribution >= 4 is 5.91 Å². The van der Waals surface area contributed by atoms with E-state index in [1.54, 1.807) is 0 Å². The summed E-state index contributed by atoms with van der Waals surface area (Å²) in [6, 6.07) is 0.432. The molecule has 80 valence electrons. The third kappa shape index (κ3) is 1.54. The van der Waals surface area contributed by atoms with Crippen LogP contribution in [-0.2, 0) is 4.79 Å². The standard InChI is InChI=1S/C11H20N2O/c1-7-4-11(5-7,6-12)10(14)13-9-3-8(9)2/h7-9H,3-6,12H2,1-2H3,(H,13,14). The molecule has 0 spiro atoms. The highest BCUT2D eigenvalue weighted by Gasteiger charge is 2.49. The maximum absolute atomic E-state index is 11.9. The Morgan fingerprint density at radius 1 is 1.50 bits per heavy atom. The molecule has 0 aromatic rings. The van der Waals surface area contributed by atoms with Gasteiger partial charge >= 0.3 is 0 Å². The second kappa shape index (κ2) is 3.23. The molecular formula is C11H20N2O. The number of hydrogen-bond acceptors (Lipinski definition) is 2. The van der Waals surface area contributed by atoms with Crippen molar-refractivity contribution in [1.29, 1.82) is 0 Å². The van der Waals surface area contributed by atoms with Crippen LogP contribution in [0.2, 0.25) is 0 Å². The number of rotatable bonds is 3. The normalized spacial score (nSPS) is 45.5. The Balaban J connectivity index is 1.89. The third-order valence-electron chi connectivity index (χ3n) is 3.78. The first-order valence-corrected chi connectivity index (χ1v) is 5.58. The van der Waals surface area contributed by atoms with E-state index in [1.165, 1.54) is 0 Å². The van der Waals surface area contributed by atoms with E-state index in [4.69, 9.17) is 5.73 Å². The highest BCUT2D eigenvalue weighted by molar-refractivity contribution is 5.84. The predicted octanol–water partition coefficient (Wildman–Crippen LogP) is 0.886. The molecule has 2 fully saturated rings. The van der Waals surface area contributed by atoms with Gasteiger partial charge in [-0.15, -0.1) is 0 Å². The molecular weight excluding hydrogens is 176 g/mol. The molecule has 0 aromatic heterocycles. The van der Waals surface area contributed by atoms with E-state index in [-0.39, 0.29) is 11.3 Å². The van der Waals surface area contributed by atoms with Gasteiger partial charge in [0.15, 0.2) is 0 Å². The van der Waals surface area contributed by atoms with Crippen LogP contribution in [0.25, 0.3) is 0 Å². The smallest absolute Gasteiger partial charge is 0.227 e. The number of nitrogens with one attached hydrogen (secondary N) is 1. The van der Waals surface area contributed by atoms with Crippen molar-refractivity contribution < 1.29 is 4.79 Å². The summed E-state index contributed by atoms with van der Waals surface area (Å²) in [6.45, 7) is 4.86. The second-order valence-electron chi connectivity index (χ2n) is 5.29. The zero-order valence-electron chi connectivity index (χ0n) is 9.05. The molecule has 2 aliphatic carbocycles. The maximum Gasteiger partial charge on any atom is 0.227 e. The molecule has 0 aliphatic heterocycles. The molecule has 3 heteroatoms. The topological polar surface area (TPSA) is 55.1 Å². The Hall–Kier alpha value is -0.570. The summed E-state index contributed by atoms with van der Waals surface area (Å²) in [6.07, 6.45) is 3.08. The molecule has 0 saturated heterocycles. The van der Waals surface area contributed by atoms with Crippen LogP contribution in [0.3, 0.4) is 0 Å². The van der Waals surface area contributed by atoms with Crippen molar-refractivity contribution in [1.82, 2.24) is 5.32 Å². The summed E-state index contributed by atoms with van der Waals surface area (Å²) in [5.74, 6) is 1.54. The van der Waals surface area contributed by atoms with Gasteiger partial charge < -0.3 is 11.1 Å². The summed E-state index contributed by atoms with van der Waals surface area (Å²) in [4.78, 5) is 11.9. The molecule has 2 unspecified atom stereocenters. The van der Waals surface area contributed by atoms with Crippen molar-refractivity contribution in [3.05, 3.63) is 0 Å². The summed E-state index contributed by atoms with van der Waals surface area (Å²) >= 11 is 0. The van der Waals surface area contributed by atoms with Crippen molar-refractivity contribution in [3.63, 3.8) is 0 Å². The summed E-state index contributed by atoms with van der Waals surface area (Å²) in [7, 11) is 0. The fourth-order valence-electron chi connectivity index (χ4n) is 2.56. The van der Waals surface area contributed by atoms with E-state index < -0.39 is 0 Å². The molecule has 14 heavy (non-hydrogen) atoms. The van der Waals surface area contributed by atoms with Crippen molar-refractivity contribution in [3.8, 4) is 0 Å². The van der Waals surface area contributed by atoms with E-state index in [9.17, 15) is 4.79 Å². The average molecular weight is 196 g/mol. The van der Waals surface area contributed by atoms with E-state index in [1.807, 2.05) is 0 Å². The fraction of sp³-hybridized carbons (Fsp3) is 0.909. The van der Waals surface area contributed by atoms with Gasteiger partial charge in [0.25, 0.3) is 0 Å². The molecule has 1 amide bonds. The number of carbonyl (C=O) groups excluding carboxylic acids is 1. The van der Waals surface area contributed by atoms with Crippen LogP contribution in [0.5, 0.6) is 0 Å². The lowest BCUT2D eigenvalue weighted by Crippen LogP contribution is -2.54. The molecule has 0 aromatic carbocycles. The first kappa shape index (κ1) is 9.97. The Morgan fingerprint density at radius 2 is 2.07 bits per heavy atom. The van der Waals surface area contributed by atoms with Crippen LogP contribution in [0.4, 0.5) is 0 Å². The first-order chi connectivity index (χ1) is 6.57. The predicted molar refractivity (Wildman–Crippen MR) is 55.6 cm³/mol. The van der Waals surface area contributed by atoms with Gasteiger partial charge in [0.2, 0.25) is 5.91 Å². The van der Waals surface area contributed by atoms with Crippen LogP contribution in [0.15, 0.2) is 0 Å². The van der Waals surface area contributed by atoms with E-state index in [2.05, 4.69) is 19.2 Å². The van der Waals surface area contributed by atoms with Crippen LogP contribution in [0.1, 0.15) is 33.1 Å². The van der Waals surface area contributed by atoms with Gasteiger partial charge in [0.1, 0.15) is 0 Å². The van der Waals surface area contributed by atoms with Gasteiger partial charge in [0, 0.05) is 12.6 Å².